The number of ether oxygens (including phenoxy) is 2. The summed E-state index contributed by atoms with van der Waals surface area (Å²) in [5.41, 5.74) is 3.02. The van der Waals surface area contributed by atoms with Gasteiger partial charge < -0.3 is 14.8 Å². The summed E-state index contributed by atoms with van der Waals surface area (Å²) in [6.45, 7) is 1.91. The Morgan fingerprint density at radius 3 is 2.69 bits per heavy atom. The predicted molar refractivity (Wildman–Crippen MR) is 98.3 cm³/mol. The first kappa shape index (κ1) is 17.7. The highest BCUT2D eigenvalue weighted by molar-refractivity contribution is 6.11. The van der Waals surface area contributed by atoms with Crippen LogP contribution in [0.3, 0.4) is 0 Å². The highest BCUT2D eigenvalue weighted by Crippen LogP contribution is 2.28. The summed E-state index contributed by atoms with van der Waals surface area (Å²) in [6, 6.07) is 5.33. The van der Waals surface area contributed by atoms with Crippen LogP contribution in [-0.2, 0) is 16.0 Å². The van der Waals surface area contributed by atoms with Gasteiger partial charge in [-0.25, -0.2) is 4.99 Å². The molecule has 1 unspecified atom stereocenters. The van der Waals surface area contributed by atoms with Crippen molar-refractivity contribution < 1.29 is 19.1 Å². The molecule has 0 bridgehead atoms. The zero-order chi connectivity index (χ0) is 18.7. The number of carbonyl (C=O) groups is 2. The smallest absolute Gasteiger partial charge is 0.250 e. The van der Waals surface area contributed by atoms with Gasteiger partial charge in [-0.15, -0.1) is 0 Å². The van der Waals surface area contributed by atoms with Gasteiger partial charge in [0.2, 0.25) is 5.91 Å². The van der Waals surface area contributed by atoms with E-state index in [0.717, 1.165) is 16.8 Å². The summed E-state index contributed by atoms with van der Waals surface area (Å²) < 4.78 is 10.4. The first-order valence-electron chi connectivity index (χ1n) is 8.21. The maximum absolute atomic E-state index is 12.3. The Balaban J connectivity index is 1.75. The predicted octanol–water partition coefficient (Wildman–Crippen LogP) is 2.36. The molecular formula is C20H20N2O4. The second-order valence-corrected chi connectivity index (χ2v) is 6.11. The highest BCUT2D eigenvalue weighted by atomic mass is 16.5. The van der Waals surface area contributed by atoms with Crippen LogP contribution in [0.5, 0.6) is 11.5 Å². The molecule has 2 amide bonds. The molecule has 0 saturated heterocycles. The average Bonchev–Trinajstić information content (AvgIpc) is 2.61. The fourth-order valence-electron chi connectivity index (χ4n) is 3.00. The van der Waals surface area contributed by atoms with Gasteiger partial charge in [0.05, 0.1) is 26.4 Å². The van der Waals surface area contributed by atoms with E-state index in [1.54, 1.807) is 50.6 Å². The van der Waals surface area contributed by atoms with Crippen LogP contribution in [-0.4, -0.2) is 31.7 Å². The summed E-state index contributed by atoms with van der Waals surface area (Å²) >= 11 is 0. The number of fused-ring (bicyclic) bond motifs is 1. The molecular weight excluding hydrogens is 332 g/mol. The Morgan fingerprint density at radius 1 is 1.19 bits per heavy atom. The van der Waals surface area contributed by atoms with Gasteiger partial charge in [-0.2, -0.15) is 0 Å². The van der Waals surface area contributed by atoms with E-state index in [-0.39, 0.29) is 24.2 Å². The van der Waals surface area contributed by atoms with E-state index in [0.29, 0.717) is 17.2 Å². The Morgan fingerprint density at radius 2 is 1.96 bits per heavy atom. The second kappa shape index (κ2) is 7.39. The molecule has 1 N–H and O–H groups in total. The molecule has 1 atom stereocenters. The zero-order valence-corrected chi connectivity index (χ0v) is 14.9. The number of amides is 2. The Hall–Kier alpha value is -3.15. The first-order chi connectivity index (χ1) is 12.5. The van der Waals surface area contributed by atoms with Crippen molar-refractivity contribution in [1.82, 2.24) is 5.32 Å². The summed E-state index contributed by atoms with van der Waals surface area (Å²) in [6.07, 6.45) is 7.20. The molecule has 2 aliphatic rings. The van der Waals surface area contributed by atoms with Gasteiger partial charge in [0.25, 0.3) is 5.91 Å². The molecule has 6 heteroatoms. The topological polar surface area (TPSA) is 77.0 Å². The maximum Gasteiger partial charge on any atom is 0.250 e. The standard InChI is InChI=1S/C20H20N2O4/c1-12-8-19(23)22-16-11-14(5-6-15(12)16)21-20(24)10-13-4-7-17(25-2)18(9-13)26-3/h4-9,11,15H,10H2,1-3H3,(H,22,23). The van der Waals surface area contributed by atoms with Crippen molar-refractivity contribution in [3.8, 4) is 11.5 Å². The maximum atomic E-state index is 12.3. The van der Waals surface area contributed by atoms with Crippen molar-refractivity contribution in [3.05, 3.63) is 59.3 Å². The third-order valence-electron chi connectivity index (χ3n) is 4.27. The Labute approximate surface area is 151 Å². The van der Waals surface area contributed by atoms with Crippen LogP contribution in [0.15, 0.2) is 58.8 Å². The van der Waals surface area contributed by atoms with Crippen LogP contribution < -0.4 is 14.8 Å². The lowest BCUT2D eigenvalue weighted by molar-refractivity contribution is -0.117. The molecule has 1 aromatic carbocycles. The van der Waals surface area contributed by atoms with Crippen LogP contribution in [0, 0.1) is 5.92 Å². The van der Waals surface area contributed by atoms with Crippen LogP contribution in [0.4, 0.5) is 0 Å². The summed E-state index contributed by atoms with van der Waals surface area (Å²) in [7, 11) is 3.11. The number of benzene rings is 1. The number of aliphatic imine (C=N–C) groups is 1. The lowest BCUT2D eigenvalue weighted by Crippen LogP contribution is -2.32. The van der Waals surface area contributed by atoms with Crippen molar-refractivity contribution in [2.45, 2.75) is 13.3 Å². The lowest BCUT2D eigenvalue weighted by Gasteiger charge is -2.25. The minimum atomic E-state index is -0.276. The van der Waals surface area contributed by atoms with Crippen molar-refractivity contribution in [1.29, 1.82) is 0 Å². The van der Waals surface area contributed by atoms with E-state index in [4.69, 9.17) is 9.47 Å². The quantitative estimate of drug-likeness (QED) is 0.902. The fraction of sp³-hybridized carbons (Fsp3) is 0.250. The molecule has 1 aromatic rings. The normalized spacial score (nSPS) is 20.0. The van der Waals surface area contributed by atoms with E-state index in [2.05, 4.69) is 10.3 Å². The largest absolute Gasteiger partial charge is 0.493 e. The monoisotopic (exact) mass is 352 g/mol. The van der Waals surface area contributed by atoms with Crippen molar-refractivity contribution >= 4 is 17.5 Å². The number of hydrogen-bond acceptors (Lipinski definition) is 4. The summed E-state index contributed by atoms with van der Waals surface area (Å²) in [5, 5.41) is 2.80. The van der Waals surface area contributed by atoms with Gasteiger partial charge in [-0.05, 0) is 36.8 Å². The molecule has 0 spiro atoms. The van der Waals surface area contributed by atoms with Crippen LogP contribution in [0.1, 0.15) is 12.5 Å². The van der Waals surface area contributed by atoms with E-state index in [9.17, 15) is 9.59 Å². The number of nitrogens with one attached hydrogen (secondary N) is 1. The number of nitrogens with zero attached hydrogens (tertiary/aromatic N) is 1. The van der Waals surface area contributed by atoms with Gasteiger partial charge in [-0.3, -0.25) is 9.59 Å². The van der Waals surface area contributed by atoms with Gasteiger partial charge in [-0.1, -0.05) is 17.7 Å². The average molecular weight is 352 g/mol. The van der Waals surface area contributed by atoms with Gasteiger partial charge >= 0.3 is 0 Å². The zero-order valence-electron chi connectivity index (χ0n) is 14.9. The molecule has 6 nitrogen and oxygen atoms in total. The van der Waals surface area contributed by atoms with E-state index in [1.807, 2.05) is 13.0 Å². The van der Waals surface area contributed by atoms with Crippen molar-refractivity contribution in [2.75, 3.05) is 14.2 Å². The third-order valence-corrected chi connectivity index (χ3v) is 4.27. The molecule has 0 radical (unpaired) electrons. The number of carbonyl (C=O) groups excluding carboxylic acids is 2. The van der Waals surface area contributed by atoms with E-state index >= 15 is 0 Å². The summed E-state index contributed by atoms with van der Waals surface area (Å²) in [5.74, 6) is 0.781. The molecule has 134 valence electrons. The van der Waals surface area contributed by atoms with Crippen molar-refractivity contribution in [2.24, 2.45) is 10.9 Å². The van der Waals surface area contributed by atoms with Crippen molar-refractivity contribution in [3.63, 3.8) is 0 Å². The minimum absolute atomic E-state index is 0.0348. The molecule has 3 rings (SSSR count). The fourth-order valence-corrected chi connectivity index (χ4v) is 3.00. The highest BCUT2D eigenvalue weighted by Gasteiger charge is 2.23. The molecule has 1 aliphatic heterocycles. The second-order valence-electron chi connectivity index (χ2n) is 6.11. The molecule has 1 aliphatic carbocycles. The molecule has 0 fully saturated rings. The number of hydrogen-bond donors (Lipinski definition) is 1. The Kier molecular flexibility index (Phi) is 5.02. The van der Waals surface area contributed by atoms with Crippen LogP contribution in [0.25, 0.3) is 0 Å². The SMILES string of the molecule is COc1ccc(CC(=O)N=C2C=CC3C(C)=CC(=O)NC3=C2)cc1OC. The third kappa shape index (κ3) is 3.74. The number of rotatable bonds is 4. The van der Waals surface area contributed by atoms with Gasteiger partial charge in [0, 0.05) is 17.7 Å². The first-order valence-corrected chi connectivity index (χ1v) is 8.21. The number of methoxy groups -OCH3 is 2. The Bertz CT molecular complexity index is 878. The van der Waals surface area contributed by atoms with Crippen LogP contribution in [0.2, 0.25) is 0 Å². The molecule has 0 saturated carbocycles. The van der Waals surface area contributed by atoms with E-state index in [1.165, 1.54) is 0 Å². The lowest BCUT2D eigenvalue weighted by atomic mass is 9.89. The van der Waals surface area contributed by atoms with Gasteiger partial charge in [0.1, 0.15) is 0 Å². The number of allylic oxidation sites excluding steroid dienone is 3. The van der Waals surface area contributed by atoms with Crippen LogP contribution >= 0.6 is 0 Å². The van der Waals surface area contributed by atoms with Gasteiger partial charge in [0.15, 0.2) is 11.5 Å². The molecule has 26 heavy (non-hydrogen) atoms. The van der Waals surface area contributed by atoms with E-state index < -0.39 is 0 Å². The molecule has 1 heterocycles. The molecule has 0 aromatic heterocycles. The minimum Gasteiger partial charge on any atom is -0.493 e. The summed E-state index contributed by atoms with van der Waals surface area (Å²) in [4.78, 5) is 28.1.